The van der Waals surface area contributed by atoms with E-state index in [0.717, 1.165) is 71.8 Å². The molecule has 0 aromatic rings. The molecule has 0 amide bonds. The fraction of sp³-hybridized carbons (Fsp3) is 1.00. The van der Waals surface area contributed by atoms with Gasteiger partial charge in [-0.25, -0.2) is 0 Å². The summed E-state index contributed by atoms with van der Waals surface area (Å²) in [5.41, 5.74) is 0.521. The van der Waals surface area contributed by atoms with Gasteiger partial charge in [-0.3, -0.25) is 9.80 Å². The molecule has 0 unspecified atom stereocenters. The molecule has 0 radical (unpaired) electrons. The first-order valence-corrected chi connectivity index (χ1v) is 21.2. The Labute approximate surface area is 282 Å². The molecule has 0 aromatic carbocycles. The van der Waals surface area contributed by atoms with Gasteiger partial charge in [-0.05, 0) is 195 Å². The van der Waals surface area contributed by atoms with Crippen molar-refractivity contribution >= 4 is 0 Å². The van der Waals surface area contributed by atoms with Gasteiger partial charge in [0.1, 0.15) is 0 Å². The first-order chi connectivity index (χ1) is 21.7. The molecule has 6 fully saturated rings. The summed E-state index contributed by atoms with van der Waals surface area (Å²) >= 11 is 0. The lowest BCUT2D eigenvalue weighted by Crippen LogP contribution is -2.54. The SMILES string of the molecule is CC1CCC(N(C2CCC(C)CC2)C2CCC(C(C)(C)C3CCC(N(C4CCC(C)CC4)C4CCC(C)CC4)CC3)CC2)CC1. The van der Waals surface area contributed by atoms with E-state index < -0.39 is 0 Å². The summed E-state index contributed by atoms with van der Waals surface area (Å²) < 4.78 is 0. The van der Waals surface area contributed by atoms with Crippen LogP contribution >= 0.6 is 0 Å². The first kappa shape index (κ1) is 34.8. The Bertz CT molecular complexity index is 734. The molecule has 0 saturated heterocycles. The quantitative estimate of drug-likeness (QED) is 0.266. The topological polar surface area (TPSA) is 6.48 Å². The van der Waals surface area contributed by atoms with E-state index in [2.05, 4.69) is 51.3 Å². The zero-order valence-electron chi connectivity index (χ0n) is 31.3. The number of hydrogen-bond donors (Lipinski definition) is 0. The number of nitrogens with zero attached hydrogens (tertiary/aromatic N) is 2. The van der Waals surface area contributed by atoms with Crippen LogP contribution in [0, 0.1) is 40.9 Å². The number of rotatable bonds is 8. The zero-order chi connectivity index (χ0) is 31.6. The average molecular weight is 623 g/mol. The molecule has 6 saturated carbocycles. The smallest absolute Gasteiger partial charge is 0.0101 e. The van der Waals surface area contributed by atoms with Gasteiger partial charge in [0.15, 0.2) is 0 Å². The average Bonchev–Trinajstić information content (AvgIpc) is 3.05. The van der Waals surface area contributed by atoms with Gasteiger partial charge >= 0.3 is 0 Å². The highest BCUT2D eigenvalue weighted by atomic mass is 15.2. The summed E-state index contributed by atoms with van der Waals surface area (Å²) in [6, 6.07) is 5.35. The lowest BCUT2D eigenvalue weighted by Gasteiger charge is -2.53. The monoisotopic (exact) mass is 623 g/mol. The van der Waals surface area contributed by atoms with E-state index in [9.17, 15) is 0 Å². The molecule has 0 N–H and O–H groups in total. The Morgan fingerprint density at radius 3 is 0.667 bits per heavy atom. The molecule has 2 nitrogen and oxygen atoms in total. The maximum atomic E-state index is 3.21. The van der Waals surface area contributed by atoms with Gasteiger partial charge in [0.25, 0.3) is 0 Å². The molecule has 0 aromatic heterocycles. The van der Waals surface area contributed by atoms with E-state index in [0.29, 0.717) is 5.41 Å². The Morgan fingerprint density at radius 2 is 0.467 bits per heavy atom. The lowest BCUT2D eigenvalue weighted by atomic mass is 9.60. The van der Waals surface area contributed by atoms with E-state index in [-0.39, 0.29) is 0 Å². The second kappa shape index (κ2) is 15.6. The van der Waals surface area contributed by atoms with Crippen molar-refractivity contribution in [1.82, 2.24) is 9.80 Å². The Balaban J connectivity index is 1.05. The minimum Gasteiger partial charge on any atom is -0.294 e. The van der Waals surface area contributed by atoms with Crippen LogP contribution in [-0.2, 0) is 0 Å². The van der Waals surface area contributed by atoms with E-state index in [1.54, 1.807) is 0 Å². The number of hydrogen-bond acceptors (Lipinski definition) is 2. The molecule has 6 aliphatic carbocycles. The Kier molecular flexibility index (Phi) is 12.1. The summed E-state index contributed by atoms with van der Waals surface area (Å²) in [6.07, 6.45) is 35.7. The van der Waals surface area contributed by atoms with Crippen LogP contribution in [-0.4, -0.2) is 46.1 Å². The lowest BCUT2D eigenvalue weighted by molar-refractivity contribution is -0.0306. The highest BCUT2D eigenvalue weighted by Crippen LogP contribution is 2.51. The van der Waals surface area contributed by atoms with Crippen LogP contribution in [0.15, 0.2) is 0 Å². The maximum absolute atomic E-state index is 3.21. The molecule has 0 spiro atoms. The fourth-order valence-electron chi connectivity index (χ4n) is 12.5. The minimum atomic E-state index is 0.521. The van der Waals surface area contributed by atoms with Crippen molar-refractivity contribution in [1.29, 1.82) is 0 Å². The van der Waals surface area contributed by atoms with Gasteiger partial charge in [0.05, 0.1) is 0 Å². The van der Waals surface area contributed by atoms with E-state index in [1.807, 2.05) is 0 Å². The van der Waals surface area contributed by atoms with Gasteiger partial charge in [-0.15, -0.1) is 0 Å². The second-order valence-corrected chi connectivity index (χ2v) is 19.4. The maximum Gasteiger partial charge on any atom is 0.0101 e. The molecule has 0 bridgehead atoms. The van der Waals surface area contributed by atoms with Crippen molar-refractivity contribution < 1.29 is 0 Å². The molecule has 6 rings (SSSR count). The third kappa shape index (κ3) is 8.39. The van der Waals surface area contributed by atoms with Crippen LogP contribution in [0.25, 0.3) is 0 Å². The molecule has 0 atom stereocenters. The van der Waals surface area contributed by atoms with E-state index in [4.69, 9.17) is 0 Å². The van der Waals surface area contributed by atoms with Gasteiger partial charge < -0.3 is 0 Å². The molecular weight excluding hydrogens is 544 g/mol. The predicted octanol–water partition coefficient (Wildman–Crippen LogP) is 12.0. The van der Waals surface area contributed by atoms with Crippen molar-refractivity contribution in [2.75, 3.05) is 0 Å². The molecule has 0 aliphatic heterocycles. The minimum absolute atomic E-state index is 0.521. The highest BCUT2D eigenvalue weighted by Gasteiger charge is 2.45. The van der Waals surface area contributed by atoms with Crippen molar-refractivity contribution in [3.8, 4) is 0 Å². The van der Waals surface area contributed by atoms with Crippen LogP contribution in [0.5, 0.6) is 0 Å². The van der Waals surface area contributed by atoms with Gasteiger partial charge in [-0.1, -0.05) is 41.5 Å². The fourth-order valence-corrected chi connectivity index (χ4v) is 12.5. The second-order valence-electron chi connectivity index (χ2n) is 19.4. The molecule has 0 heterocycles. The normalized spacial score (nSPS) is 44.3. The van der Waals surface area contributed by atoms with Crippen LogP contribution in [0.3, 0.4) is 0 Å². The van der Waals surface area contributed by atoms with Gasteiger partial charge in [0.2, 0.25) is 0 Å². The summed E-state index contributed by atoms with van der Waals surface area (Å²) in [6.45, 7) is 15.5. The van der Waals surface area contributed by atoms with Gasteiger partial charge in [-0.2, -0.15) is 0 Å². The van der Waals surface area contributed by atoms with Crippen molar-refractivity contribution in [3.05, 3.63) is 0 Å². The van der Waals surface area contributed by atoms with Crippen LogP contribution in [0.2, 0.25) is 0 Å². The molecular formula is C43H78N2. The molecule has 45 heavy (non-hydrogen) atoms. The Morgan fingerprint density at radius 1 is 0.289 bits per heavy atom. The third-order valence-electron chi connectivity index (χ3n) is 16.0. The molecule has 2 heteroatoms. The van der Waals surface area contributed by atoms with Crippen molar-refractivity contribution in [3.63, 3.8) is 0 Å². The van der Waals surface area contributed by atoms with Crippen LogP contribution in [0.1, 0.15) is 196 Å². The molecule has 6 aliphatic rings. The van der Waals surface area contributed by atoms with Crippen molar-refractivity contribution in [2.24, 2.45) is 40.9 Å². The Hall–Kier alpha value is -0.0800. The van der Waals surface area contributed by atoms with Crippen LogP contribution < -0.4 is 0 Å². The van der Waals surface area contributed by atoms with Crippen molar-refractivity contribution in [2.45, 2.75) is 232 Å². The van der Waals surface area contributed by atoms with Crippen LogP contribution in [0.4, 0.5) is 0 Å². The highest BCUT2D eigenvalue weighted by molar-refractivity contribution is 4.98. The molecule has 260 valence electrons. The summed E-state index contributed by atoms with van der Waals surface area (Å²) in [5.74, 6) is 5.75. The van der Waals surface area contributed by atoms with Gasteiger partial charge in [0, 0.05) is 36.3 Å². The van der Waals surface area contributed by atoms with E-state index in [1.165, 1.54) is 154 Å². The van der Waals surface area contributed by atoms with E-state index >= 15 is 0 Å². The first-order valence-electron chi connectivity index (χ1n) is 21.2. The largest absolute Gasteiger partial charge is 0.294 e. The third-order valence-corrected chi connectivity index (χ3v) is 16.0. The standard InChI is InChI=1S/C43H78N2/c1-31-7-19-37(20-8-31)44(38-21-9-32(2)10-22-38)41-27-15-35(16-28-41)43(5,6)36-17-29-42(30-18-36)45(39-23-11-33(3)12-24-39)40-25-13-34(4)14-26-40/h31-42H,7-30H2,1-6H3. The summed E-state index contributed by atoms with van der Waals surface area (Å²) in [7, 11) is 0. The predicted molar refractivity (Wildman–Crippen MR) is 195 cm³/mol. The summed E-state index contributed by atoms with van der Waals surface area (Å²) in [4.78, 5) is 6.41. The zero-order valence-corrected chi connectivity index (χ0v) is 31.3. The summed E-state index contributed by atoms with van der Waals surface area (Å²) in [5, 5.41) is 0.